The third kappa shape index (κ3) is 8.42. The van der Waals surface area contributed by atoms with Gasteiger partial charge in [0.05, 0.1) is 5.56 Å². The highest BCUT2D eigenvalue weighted by Crippen LogP contribution is 2.38. The first-order chi connectivity index (χ1) is 19.8. The number of rotatable bonds is 12. The molecule has 1 saturated carbocycles. The molecule has 1 aromatic rings. The minimum absolute atomic E-state index is 0.0101. The molecule has 0 bridgehead atoms. The fourth-order valence-electron chi connectivity index (χ4n) is 5.84. The van der Waals surface area contributed by atoms with Crippen LogP contribution in [-0.2, 0) is 20.8 Å². The summed E-state index contributed by atoms with van der Waals surface area (Å²) in [6, 6.07) is -1.48. The van der Waals surface area contributed by atoms with Crippen molar-refractivity contribution in [1.29, 1.82) is 0 Å². The van der Waals surface area contributed by atoms with Gasteiger partial charge in [-0.05, 0) is 42.7 Å². The highest BCUT2D eigenvalue weighted by molar-refractivity contribution is 5.93. The summed E-state index contributed by atoms with van der Waals surface area (Å²) in [5.74, 6) is -6.36. The van der Waals surface area contributed by atoms with E-state index in [1.165, 1.54) is 4.90 Å². The molecule has 0 aromatic heterocycles. The number of aliphatic hydroxyl groups is 1. The van der Waals surface area contributed by atoms with E-state index < -0.39 is 89.8 Å². The van der Waals surface area contributed by atoms with Crippen molar-refractivity contribution in [3.63, 3.8) is 0 Å². The van der Waals surface area contributed by atoms with Crippen LogP contribution in [0.25, 0.3) is 0 Å². The number of hydrogen-bond acceptors (Lipinski definition) is 5. The Morgan fingerprint density at radius 2 is 1.64 bits per heavy atom. The molecule has 3 amide bonds. The van der Waals surface area contributed by atoms with Crippen molar-refractivity contribution in [2.24, 2.45) is 17.8 Å². The number of carbonyl (C=O) groups is 4. The summed E-state index contributed by atoms with van der Waals surface area (Å²) < 4.78 is 55.2. The van der Waals surface area contributed by atoms with Crippen LogP contribution in [0.5, 0.6) is 0 Å². The van der Waals surface area contributed by atoms with E-state index in [0.717, 1.165) is 32.1 Å². The largest absolute Gasteiger partial charge is 0.478 e. The van der Waals surface area contributed by atoms with Gasteiger partial charge in [-0.2, -0.15) is 0 Å². The summed E-state index contributed by atoms with van der Waals surface area (Å²) in [5.41, 5.74) is -1.09. The van der Waals surface area contributed by atoms with Gasteiger partial charge in [-0.15, -0.1) is 0 Å². The first kappa shape index (κ1) is 33.3. The fourth-order valence-corrected chi connectivity index (χ4v) is 5.84. The number of carbonyl (C=O) groups excluding carboxylic acids is 3. The molecule has 4 atom stereocenters. The van der Waals surface area contributed by atoms with E-state index in [-0.39, 0.29) is 31.3 Å². The zero-order chi connectivity index (χ0) is 31.1. The number of benzene rings is 1. The molecule has 1 saturated heterocycles. The van der Waals surface area contributed by atoms with Crippen LogP contribution in [-0.4, -0.2) is 76.5 Å². The summed E-state index contributed by atoms with van der Waals surface area (Å²) in [5, 5.41) is 24.0. The van der Waals surface area contributed by atoms with Gasteiger partial charge in [-0.1, -0.05) is 46.0 Å². The van der Waals surface area contributed by atoms with Gasteiger partial charge in [0.1, 0.15) is 29.8 Å². The van der Waals surface area contributed by atoms with Gasteiger partial charge < -0.3 is 25.7 Å². The van der Waals surface area contributed by atoms with Crippen LogP contribution in [0.15, 0.2) is 12.1 Å². The minimum Gasteiger partial charge on any atom is -0.478 e. The number of aromatic carboxylic acids is 1. The van der Waals surface area contributed by atoms with E-state index >= 15 is 0 Å². The molecule has 42 heavy (non-hydrogen) atoms. The van der Waals surface area contributed by atoms with Crippen molar-refractivity contribution >= 4 is 23.7 Å². The molecule has 2 aliphatic rings. The van der Waals surface area contributed by atoms with Gasteiger partial charge >= 0.3 is 5.97 Å². The van der Waals surface area contributed by atoms with Crippen molar-refractivity contribution < 1.29 is 47.0 Å². The SMILES string of the molecule is CC(C)[C@H](O)C(=O)N1C[C@H](C2CCCCC2)C[C@H]1C(=O)N[C@@H](CC(F)F)C(=O)NCCc1c(F)cc(C(=O)O)cc1F. The Morgan fingerprint density at radius 3 is 2.19 bits per heavy atom. The molecule has 9 nitrogen and oxygen atoms in total. The molecule has 4 N–H and O–H groups in total. The first-order valence-corrected chi connectivity index (χ1v) is 14.4. The number of alkyl halides is 2. The number of likely N-dealkylation sites (tertiary alicyclic amines) is 1. The van der Waals surface area contributed by atoms with Crippen LogP contribution in [0.2, 0.25) is 0 Å². The van der Waals surface area contributed by atoms with E-state index in [1.54, 1.807) is 13.8 Å². The number of halogens is 4. The molecule has 3 rings (SSSR count). The summed E-state index contributed by atoms with van der Waals surface area (Å²) in [6.45, 7) is 3.18. The second-order valence-corrected chi connectivity index (χ2v) is 11.5. The predicted molar refractivity (Wildman–Crippen MR) is 144 cm³/mol. The topological polar surface area (TPSA) is 136 Å². The van der Waals surface area contributed by atoms with Crippen molar-refractivity contribution in [1.82, 2.24) is 15.5 Å². The number of nitrogens with one attached hydrogen (secondary N) is 2. The number of carboxylic acids is 1. The average molecular weight is 602 g/mol. The first-order valence-electron chi connectivity index (χ1n) is 14.4. The molecule has 1 aliphatic carbocycles. The van der Waals surface area contributed by atoms with Gasteiger partial charge in [-0.3, -0.25) is 14.4 Å². The maximum atomic E-state index is 14.2. The highest BCUT2D eigenvalue weighted by atomic mass is 19.3. The lowest BCUT2D eigenvalue weighted by molar-refractivity contribution is -0.147. The molecule has 234 valence electrons. The van der Waals surface area contributed by atoms with E-state index in [4.69, 9.17) is 5.11 Å². The Kier molecular flexibility index (Phi) is 11.7. The van der Waals surface area contributed by atoms with Crippen LogP contribution in [0.1, 0.15) is 74.7 Å². The average Bonchev–Trinajstić information content (AvgIpc) is 3.39. The molecule has 0 spiro atoms. The van der Waals surface area contributed by atoms with E-state index in [0.29, 0.717) is 12.1 Å². The Bertz CT molecular complexity index is 1120. The number of carboxylic acid groups (broad SMARTS) is 1. The third-order valence-electron chi connectivity index (χ3n) is 8.23. The van der Waals surface area contributed by atoms with Gasteiger partial charge in [0.15, 0.2) is 0 Å². The Hall–Kier alpha value is -3.22. The van der Waals surface area contributed by atoms with Crippen molar-refractivity contribution in [3.8, 4) is 0 Å². The third-order valence-corrected chi connectivity index (χ3v) is 8.23. The summed E-state index contributed by atoms with van der Waals surface area (Å²) in [6.07, 6.45) is -0.401. The van der Waals surface area contributed by atoms with Gasteiger partial charge in [-0.25, -0.2) is 22.4 Å². The highest BCUT2D eigenvalue weighted by Gasteiger charge is 2.45. The van der Waals surface area contributed by atoms with Gasteiger partial charge in [0.2, 0.25) is 18.2 Å². The van der Waals surface area contributed by atoms with E-state index in [2.05, 4.69) is 10.6 Å². The second-order valence-electron chi connectivity index (χ2n) is 11.5. The maximum absolute atomic E-state index is 14.2. The molecule has 0 radical (unpaired) electrons. The quantitative estimate of drug-likeness (QED) is 0.272. The lowest BCUT2D eigenvalue weighted by Crippen LogP contribution is -2.55. The molecule has 0 unspecified atom stereocenters. The van der Waals surface area contributed by atoms with Crippen molar-refractivity contribution in [2.45, 2.75) is 89.8 Å². The number of nitrogens with zero attached hydrogens (tertiary/aromatic N) is 1. The van der Waals surface area contributed by atoms with E-state index in [9.17, 15) is 41.8 Å². The molecule has 2 fully saturated rings. The van der Waals surface area contributed by atoms with Gasteiger partial charge in [0, 0.05) is 25.1 Å². The molecule has 1 aromatic carbocycles. The Balaban J connectivity index is 1.70. The Labute approximate surface area is 242 Å². The maximum Gasteiger partial charge on any atom is 0.335 e. The lowest BCUT2D eigenvalue weighted by atomic mass is 9.79. The molecule has 1 heterocycles. The zero-order valence-electron chi connectivity index (χ0n) is 23.8. The number of hydrogen-bond donors (Lipinski definition) is 4. The summed E-state index contributed by atoms with van der Waals surface area (Å²) >= 11 is 0. The fraction of sp³-hybridized carbons (Fsp3) is 0.655. The van der Waals surface area contributed by atoms with Gasteiger partial charge in [0.25, 0.3) is 5.91 Å². The standard InChI is InChI=1S/C29H39F4N3O6/c1-15(2)25(37)28(40)36-14-18(16-6-4-3-5-7-16)12-23(36)27(39)35-22(13-24(32)33)26(38)34-9-8-19-20(30)10-17(29(41)42)11-21(19)31/h10-11,15-16,18,22-25,37H,3-9,12-14H2,1-2H3,(H,34,38)(H,35,39)(H,41,42)/t18-,22+,23+,25+/m1/s1. The summed E-state index contributed by atoms with van der Waals surface area (Å²) in [4.78, 5) is 51.6. The van der Waals surface area contributed by atoms with E-state index in [1.807, 2.05) is 0 Å². The predicted octanol–water partition coefficient (Wildman–Crippen LogP) is 3.28. The van der Waals surface area contributed by atoms with Crippen molar-refractivity contribution in [2.75, 3.05) is 13.1 Å². The smallest absolute Gasteiger partial charge is 0.335 e. The van der Waals surface area contributed by atoms with Crippen molar-refractivity contribution in [3.05, 3.63) is 34.9 Å². The van der Waals surface area contributed by atoms with Crippen LogP contribution in [0.4, 0.5) is 17.6 Å². The van der Waals surface area contributed by atoms with Crippen LogP contribution in [0, 0.1) is 29.4 Å². The molecular weight excluding hydrogens is 562 g/mol. The van der Waals surface area contributed by atoms with Crippen LogP contribution < -0.4 is 10.6 Å². The molecular formula is C29H39F4N3O6. The monoisotopic (exact) mass is 601 g/mol. The summed E-state index contributed by atoms with van der Waals surface area (Å²) in [7, 11) is 0. The lowest BCUT2D eigenvalue weighted by Gasteiger charge is -2.29. The van der Waals surface area contributed by atoms with Crippen LogP contribution >= 0.6 is 0 Å². The zero-order valence-corrected chi connectivity index (χ0v) is 23.8. The minimum atomic E-state index is -2.97. The van der Waals surface area contributed by atoms with Crippen LogP contribution in [0.3, 0.4) is 0 Å². The molecule has 13 heteroatoms. The number of aliphatic hydroxyl groups excluding tert-OH is 1. The molecule has 1 aliphatic heterocycles. The number of amides is 3. The Morgan fingerprint density at radius 1 is 1.02 bits per heavy atom. The second kappa shape index (κ2) is 14.8. The normalized spacial score (nSPS) is 20.9.